The lowest BCUT2D eigenvalue weighted by atomic mass is 10.1. The molecule has 0 aliphatic heterocycles. The maximum atomic E-state index is 10.8. The van der Waals surface area contributed by atoms with E-state index in [0.717, 1.165) is 16.5 Å². The molecule has 0 saturated heterocycles. The van der Waals surface area contributed by atoms with Crippen LogP contribution in [0, 0.1) is 0 Å². The van der Waals surface area contributed by atoms with Crippen LogP contribution in [0.5, 0.6) is 5.75 Å². The third-order valence-corrected chi connectivity index (χ3v) is 3.95. The minimum atomic E-state index is -0.498. The number of hydrogen-bond acceptors (Lipinski definition) is 2. The molecule has 1 amide bonds. The summed E-state index contributed by atoms with van der Waals surface area (Å²) in [6.07, 6.45) is 2.91. The molecule has 24 heavy (non-hydrogen) atoms. The van der Waals surface area contributed by atoms with E-state index in [0.29, 0.717) is 17.4 Å². The standard InChI is InChI=1S/C20H16ClNO2/c21-18-12-14(9-11-20(22)23)8-10-19(18)24-13-16-6-3-5-15-4-1-2-7-17(15)16/h1-12H,13H2,(H2,22,23)/b11-9+. The van der Waals surface area contributed by atoms with E-state index >= 15 is 0 Å². The number of ether oxygens (including phenoxy) is 1. The molecule has 0 atom stereocenters. The highest BCUT2D eigenvalue weighted by Gasteiger charge is 2.05. The molecule has 0 fully saturated rings. The first-order valence-electron chi connectivity index (χ1n) is 7.50. The number of nitrogens with two attached hydrogens (primary N) is 1. The van der Waals surface area contributed by atoms with E-state index in [1.807, 2.05) is 30.3 Å². The van der Waals surface area contributed by atoms with Crippen molar-refractivity contribution in [2.24, 2.45) is 5.73 Å². The number of amides is 1. The molecule has 3 nitrogen and oxygen atoms in total. The van der Waals surface area contributed by atoms with Gasteiger partial charge in [-0.3, -0.25) is 4.79 Å². The van der Waals surface area contributed by atoms with Crippen LogP contribution in [0.1, 0.15) is 11.1 Å². The van der Waals surface area contributed by atoms with Gasteiger partial charge in [-0.15, -0.1) is 0 Å². The Bertz CT molecular complexity index is 913. The molecule has 0 bridgehead atoms. The van der Waals surface area contributed by atoms with Crippen molar-refractivity contribution >= 4 is 34.4 Å². The number of rotatable bonds is 5. The van der Waals surface area contributed by atoms with Gasteiger partial charge in [0.25, 0.3) is 0 Å². The number of fused-ring (bicyclic) bond motifs is 1. The smallest absolute Gasteiger partial charge is 0.241 e. The zero-order valence-corrected chi connectivity index (χ0v) is 13.7. The topological polar surface area (TPSA) is 52.3 Å². The van der Waals surface area contributed by atoms with Crippen molar-refractivity contribution in [2.75, 3.05) is 0 Å². The van der Waals surface area contributed by atoms with E-state index in [1.54, 1.807) is 18.2 Å². The fraction of sp³-hybridized carbons (Fsp3) is 0.0500. The number of carbonyl (C=O) groups is 1. The molecule has 0 radical (unpaired) electrons. The Morgan fingerprint density at radius 2 is 1.88 bits per heavy atom. The summed E-state index contributed by atoms with van der Waals surface area (Å²) in [5.41, 5.74) is 6.97. The van der Waals surface area contributed by atoms with Crippen molar-refractivity contribution < 1.29 is 9.53 Å². The molecule has 3 aromatic carbocycles. The van der Waals surface area contributed by atoms with Crippen LogP contribution < -0.4 is 10.5 Å². The van der Waals surface area contributed by atoms with Gasteiger partial charge >= 0.3 is 0 Å². The van der Waals surface area contributed by atoms with Gasteiger partial charge in [0.15, 0.2) is 0 Å². The number of benzene rings is 3. The van der Waals surface area contributed by atoms with Gasteiger partial charge in [0.1, 0.15) is 12.4 Å². The summed E-state index contributed by atoms with van der Waals surface area (Å²) >= 11 is 6.25. The second-order valence-electron chi connectivity index (χ2n) is 5.35. The van der Waals surface area contributed by atoms with Crippen LogP contribution in [0.3, 0.4) is 0 Å². The lowest BCUT2D eigenvalue weighted by Gasteiger charge is -2.11. The number of hydrogen-bond donors (Lipinski definition) is 1. The summed E-state index contributed by atoms with van der Waals surface area (Å²) < 4.78 is 5.86. The molecule has 2 N–H and O–H groups in total. The van der Waals surface area contributed by atoms with Gasteiger partial charge in [-0.1, -0.05) is 60.1 Å². The second kappa shape index (κ2) is 7.20. The quantitative estimate of drug-likeness (QED) is 0.693. The molecule has 0 aliphatic carbocycles. The van der Waals surface area contributed by atoms with Crippen molar-refractivity contribution in [3.63, 3.8) is 0 Å². The van der Waals surface area contributed by atoms with E-state index in [2.05, 4.69) is 18.2 Å². The Morgan fingerprint density at radius 3 is 2.67 bits per heavy atom. The molecule has 0 heterocycles. The molecule has 0 saturated carbocycles. The van der Waals surface area contributed by atoms with Gasteiger partial charge in [0.2, 0.25) is 5.91 Å². The highest BCUT2D eigenvalue weighted by Crippen LogP contribution is 2.28. The number of carbonyl (C=O) groups excluding carboxylic acids is 1. The van der Waals surface area contributed by atoms with Crippen LogP contribution >= 0.6 is 11.6 Å². The van der Waals surface area contributed by atoms with Crippen molar-refractivity contribution in [1.82, 2.24) is 0 Å². The van der Waals surface area contributed by atoms with Crippen molar-refractivity contribution in [2.45, 2.75) is 6.61 Å². The summed E-state index contributed by atoms with van der Waals surface area (Å²) in [7, 11) is 0. The van der Waals surface area contributed by atoms with Gasteiger partial charge in [-0.2, -0.15) is 0 Å². The van der Waals surface area contributed by atoms with Gasteiger partial charge in [-0.25, -0.2) is 0 Å². The largest absolute Gasteiger partial charge is 0.487 e. The Balaban J connectivity index is 1.78. The predicted octanol–water partition coefficient (Wildman–Crippen LogP) is 4.57. The zero-order valence-electron chi connectivity index (χ0n) is 12.9. The van der Waals surface area contributed by atoms with E-state index in [4.69, 9.17) is 22.1 Å². The first-order chi connectivity index (χ1) is 11.6. The van der Waals surface area contributed by atoms with Crippen LogP contribution in [-0.2, 0) is 11.4 Å². The lowest BCUT2D eigenvalue weighted by Crippen LogP contribution is -2.05. The van der Waals surface area contributed by atoms with Gasteiger partial charge in [-0.05, 0) is 40.1 Å². The van der Waals surface area contributed by atoms with Crippen LogP contribution in [0.2, 0.25) is 5.02 Å². The third kappa shape index (κ3) is 3.76. The summed E-state index contributed by atoms with van der Waals surface area (Å²) in [4.78, 5) is 10.8. The maximum Gasteiger partial charge on any atom is 0.241 e. The molecule has 0 aromatic heterocycles. The highest BCUT2D eigenvalue weighted by molar-refractivity contribution is 6.32. The van der Waals surface area contributed by atoms with Gasteiger partial charge < -0.3 is 10.5 Å². The third-order valence-electron chi connectivity index (χ3n) is 3.66. The number of primary amides is 1. The van der Waals surface area contributed by atoms with Crippen LogP contribution in [0.15, 0.2) is 66.7 Å². The van der Waals surface area contributed by atoms with E-state index in [9.17, 15) is 4.79 Å². The minimum absolute atomic E-state index is 0.428. The number of halogens is 1. The fourth-order valence-electron chi connectivity index (χ4n) is 2.49. The van der Waals surface area contributed by atoms with Crippen molar-refractivity contribution in [3.8, 4) is 5.75 Å². The predicted molar refractivity (Wildman–Crippen MR) is 98.0 cm³/mol. The Kier molecular flexibility index (Phi) is 4.82. The first kappa shape index (κ1) is 16.1. The van der Waals surface area contributed by atoms with Gasteiger partial charge in [0.05, 0.1) is 5.02 Å². The molecule has 0 spiro atoms. The van der Waals surface area contributed by atoms with E-state index in [1.165, 1.54) is 11.5 Å². The summed E-state index contributed by atoms with van der Waals surface area (Å²) in [5, 5.41) is 2.83. The first-order valence-corrected chi connectivity index (χ1v) is 7.88. The summed E-state index contributed by atoms with van der Waals surface area (Å²) in [6, 6.07) is 19.7. The molecule has 0 aliphatic rings. The van der Waals surface area contributed by atoms with Crippen LogP contribution in [0.25, 0.3) is 16.8 Å². The van der Waals surface area contributed by atoms with Gasteiger partial charge in [0, 0.05) is 6.08 Å². The SMILES string of the molecule is NC(=O)/C=C/c1ccc(OCc2cccc3ccccc23)c(Cl)c1. The van der Waals surface area contributed by atoms with Crippen molar-refractivity contribution in [3.05, 3.63) is 82.9 Å². The second-order valence-corrected chi connectivity index (χ2v) is 5.76. The Labute approximate surface area is 145 Å². The zero-order chi connectivity index (χ0) is 16.9. The van der Waals surface area contributed by atoms with E-state index in [-0.39, 0.29) is 0 Å². The van der Waals surface area contributed by atoms with Crippen LogP contribution in [0.4, 0.5) is 0 Å². The summed E-state index contributed by atoms with van der Waals surface area (Å²) in [6.45, 7) is 0.428. The minimum Gasteiger partial charge on any atom is -0.487 e. The van der Waals surface area contributed by atoms with E-state index < -0.39 is 5.91 Å². The normalized spacial score (nSPS) is 11.0. The van der Waals surface area contributed by atoms with Crippen LogP contribution in [-0.4, -0.2) is 5.91 Å². The molecular formula is C20H16ClNO2. The van der Waals surface area contributed by atoms with Crippen molar-refractivity contribution in [1.29, 1.82) is 0 Å². The fourth-order valence-corrected chi connectivity index (χ4v) is 2.73. The average Bonchev–Trinajstić information content (AvgIpc) is 2.59. The highest BCUT2D eigenvalue weighted by atomic mass is 35.5. The Morgan fingerprint density at radius 1 is 1.08 bits per heavy atom. The summed E-state index contributed by atoms with van der Waals surface area (Å²) in [5.74, 6) is 0.100. The molecule has 120 valence electrons. The molecule has 3 aromatic rings. The monoisotopic (exact) mass is 337 g/mol. The molecular weight excluding hydrogens is 322 g/mol. The molecule has 0 unspecified atom stereocenters. The average molecular weight is 338 g/mol. The lowest BCUT2D eigenvalue weighted by molar-refractivity contribution is -0.113. The maximum absolute atomic E-state index is 10.8. The molecule has 4 heteroatoms. The Hall–Kier alpha value is -2.78. The molecule has 3 rings (SSSR count).